The molecule has 1 heterocycles. The number of halogens is 1. The van der Waals surface area contributed by atoms with Crippen LogP contribution in [0.4, 0.5) is 0 Å². The standard InChI is InChI=1S/C10H9BrO2/c11-9-3-1-2-7(4-9)8-5-10(12)13-6-8/h1-4,8H,5-6H2. The Hall–Kier alpha value is -0.830. The first-order valence-corrected chi connectivity index (χ1v) is 4.96. The Morgan fingerprint density at radius 3 is 2.92 bits per heavy atom. The number of esters is 1. The molecule has 3 heteroatoms. The van der Waals surface area contributed by atoms with Crippen LogP contribution in [0.2, 0.25) is 0 Å². The van der Waals surface area contributed by atoms with Crippen molar-refractivity contribution in [2.45, 2.75) is 12.3 Å². The molecule has 2 nitrogen and oxygen atoms in total. The van der Waals surface area contributed by atoms with E-state index >= 15 is 0 Å². The van der Waals surface area contributed by atoms with Gasteiger partial charge < -0.3 is 4.74 Å². The number of rotatable bonds is 1. The van der Waals surface area contributed by atoms with Crippen molar-refractivity contribution in [3.8, 4) is 0 Å². The minimum atomic E-state index is -0.0926. The van der Waals surface area contributed by atoms with E-state index in [-0.39, 0.29) is 11.9 Å². The van der Waals surface area contributed by atoms with Gasteiger partial charge in [0.1, 0.15) is 0 Å². The number of carbonyl (C=O) groups excluding carboxylic acids is 1. The molecule has 1 aliphatic heterocycles. The lowest BCUT2D eigenvalue weighted by Gasteiger charge is -2.05. The normalized spacial score (nSPS) is 21.6. The van der Waals surface area contributed by atoms with Crippen LogP contribution >= 0.6 is 15.9 Å². The van der Waals surface area contributed by atoms with E-state index in [1.54, 1.807) is 0 Å². The number of hydrogen-bond donors (Lipinski definition) is 0. The molecule has 0 spiro atoms. The zero-order valence-electron chi connectivity index (χ0n) is 7.00. The Morgan fingerprint density at radius 1 is 1.46 bits per heavy atom. The van der Waals surface area contributed by atoms with Crippen molar-refractivity contribution in [2.75, 3.05) is 6.61 Å². The van der Waals surface area contributed by atoms with Crippen molar-refractivity contribution in [3.05, 3.63) is 34.3 Å². The van der Waals surface area contributed by atoms with Gasteiger partial charge in [-0.05, 0) is 17.7 Å². The van der Waals surface area contributed by atoms with Crippen LogP contribution < -0.4 is 0 Å². The summed E-state index contributed by atoms with van der Waals surface area (Å²) < 4.78 is 5.95. The average Bonchev–Trinajstić information content (AvgIpc) is 2.52. The maximum absolute atomic E-state index is 10.9. The highest BCUT2D eigenvalue weighted by atomic mass is 79.9. The number of benzene rings is 1. The van der Waals surface area contributed by atoms with Crippen molar-refractivity contribution in [3.63, 3.8) is 0 Å². The lowest BCUT2D eigenvalue weighted by molar-refractivity contribution is -0.137. The number of carbonyl (C=O) groups is 1. The first-order chi connectivity index (χ1) is 6.25. The van der Waals surface area contributed by atoms with Crippen molar-refractivity contribution >= 4 is 21.9 Å². The number of hydrogen-bond acceptors (Lipinski definition) is 2. The predicted molar refractivity (Wildman–Crippen MR) is 52.5 cm³/mol. The summed E-state index contributed by atoms with van der Waals surface area (Å²) in [4.78, 5) is 10.9. The van der Waals surface area contributed by atoms with Gasteiger partial charge in [-0.2, -0.15) is 0 Å². The Kier molecular flexibility index (Phi) is 2.36. The largest absolute Gasteiger partial charge is 0.465 e. The molecule has 1 aromatic carbocycles. The molecule has 1 saturated heterocycles. The lowest BCUT2D eigenvalue weighted by Crippen LogP contribution is -1.96. The van der Waals surface area contributed by atoms with Crippen LogP contribution in [0.5, 0.6) is 0 Å². The smallest absolute Gasteiger partial charge is 0.306 e. The second kappa shape index (κ2) is 3.50. The summed E-state index contributed by atoms with van der Waals surface area (Å²) in [6, 6.07) is 8.01. The third-order valence-corrected chi connectivity index (χ3v) is 2.67. The van der Waals surface area contributed by atoms with Crippen molar-refractivity contribution in [2.24, 2.45) is 0 Å². The second-order valence-corrected chi connectivity index (χ2v) is 4.05. The Balaban J connectivity index is 2.21. The molecule has 0 aromatic heterocycles. The molecule has 0 aliphatic carbocycles. The highest BCUT2D eigenvalue weighted by Gasteiger charge is 2.24. The van der Waals surface area contributed by atoms with Gasteiger partial charge in [-0.3, -0.25) is 4.79 Å². The topological polar surface area (TPSA) is 26.3 Å². The van der Waals surface area contributed by atoms with E-state index in [9.17, 15) is 4.79 Å². The van der Waals surface area contributed by atoms with Gasteiger partial charge in [0, 0.05) is 10.4 Å². The average molecular weight is 241 g/mol. The molecule has 68 valence electrons. The van der Waals surface area contributed by atoms with E-state index in [4.69, 9.17) is 4.74 Å². The fraction of sp³-hybridized carbons (Fsp3) is 0.300. The van der Waals surface area contributed by atoms with E-state index in [0.29, 0.717) is 13.0 Å². The molecule has 0 bridgehead atoms. The van der Waals surface area contributed by atoms with Gasteiger partial charge >= 0.3 is 5.97 Å². The summed E-state index contributed by atoms with van der Waals surface area (Å²) in [5.41, 5.74) is 1.17. The van der Waals surface area contributed by atoms with E-state index < -0.39 is 0 Å². The first-order valence-electron chi connectivity index (χ1n) is 4.17. The zero-order valence-corrected chi connectivity index (χ0v) is 8.58. The summed E-state index contributed by atoms with van der Waals surface area (Å²) in [5, 5.41) is 0. The maximum atomic E-state index is 10.9. The van der Waals surface area contributed by atoms with Gasteiger partial charge in [0.2, 0.25) is 0 Å². The van der Waals surface area contributed by atoms with Crippen LogP contribution in [0.1, 0.15) is 17.9 Å². The van der Waals surface area contributed by atoms with Gasteiger partial charge in [-0.25, -0.2) is 0 Å². The number of cyclic esters (lactones) is 1. The molecule has 0 radical (unpaired) electrons. The predicted octanol–water partition coefficient (Wildman–Crippen LogP) is 2.48. The highest BCUT2D eigenvalue weighted by molar-refractivity contribution is 9.10. The van der Waals surface area contributed by atoms with Crippen LogP contribution in [-0.2, 0) is 9.53 Å². The van der Waals surface area contributed by atoms with Gasteiger partial charge in [0.15, 0.2) is 0 Å². The molecule has 1 fully saturated rings. The highest BCUT2D eigenvalue weighted by Crippen LogP contribution is 2.27. The van der Waals surface area contributed by atoms with Crippen LogP contribution in [0.25, 0.3) is 0 Å². The third kappa shape index (κ3) is 1.91. The third-order valence-electron chi connectivity index (χ3n) is 2.18. The van der Waals surface area contributed by atoms with Gasteiger partial charge in [-0.15, -0.1) is 0 Å². The van der Waals surface area contributed by atoms with Crippen molar-refractivity contribution in [1.82, 2.24) is 0 Å². The minimum Gasteiger partial charge on any atom is -0.465 e. The fourth-order valence-corrected chi connectivity index (χ4v) is 1.90. The Bertz CT molecular complexity index is 335. The molecule has 1 unspecified atom stereocenters. The van der Waals surface area contributed by atoms with Crippen molar-refractivity contribution < 1.29 is 9.53 Å². The number of ether oxygens (including phenoxy) is 1. The van der Waals surface area contributed by atoms with Gasteiger partial charge in [0.05, 0.1) is 13.0 Å². The zero-order chi connectivity index (χ0) is 9.26. The van der Waals surface area contributed by atoms with Crippen LogP contribution in [0, 0.1) is 0 Å². The minimum absolute atomic E-state index is 0.0926. The quantitative estimate of drug-likeness (QED) is 0.706. The Morgan fingerprint density at radius 2 is 2.31 bits per heavy atom. The van der Waals surface area contributed by atoms with E-state index in [1.807, 2.05) is 24.3 Å². The Labute approximate surface area is 85.0 Å². The molecular formula is C10H9BrO2. The van der Waals surface area contributed by atoms with Crippen LogP contribution in [-0.4, -0.2) is 12.6 Å². The van der Waals surface area contributed by atoms with Gasteiger partial charge in [-0.1, -0.05) is 28.1 Å². The van der Waals surface area contributed by atoms with Crippen molar-refractivity contribution in [1.29, 1.82) is 0 Å². The molecule has 0 amide bonds. The SMILES string of the molecule is O=C1CC(c2cccc(Br)c2)CO1. The summed E-state index contributed by atoms with van der Waals surface area (Å²) in [6.07, 6.45) is 0.510. The van der Waals surface area contributed by atoms with E-state index in [1.165, 1.54) is 5.56 Å². The molecule has 2 rings (SSSR count). The second-order valence-electron chi connectivity index (χ2n) is 3.14. The summed E-state index contributed by atoms with van der Waals surface area (Å²) in [6.45, 7) is 0.523. The molecule has 13 heavy (non-hydrogen) atoms. The molecule has 1 atom stereocenters. The maximum Gasteiger partial charge on any atom is 0.306 e. The summed E-state index contributed by atoms with van der Waals surface area (Å²) >= 11 is 3.40. The van der Waals surface area contributed by atoms with E-state index in [0.717, 1.165) is 4.47 Å². The van der Waals surface area contributed by atoms with Gasteiger partial charge in [0.25, 0.3) is 0 Å². The molecule has 0 N–H and O–H groups in total. The monoisotopic (exact) mass is 240 g/mol. The lowest BCUT2D eigenvalue weighted by atomic mass is 9.99. The summed E-state index contributed by atoms with van der Waals surface area (Å²) in [7, 11) is 0. The molecular weight excluding hydrogens is 232 g/mol. The molecule has 0 saturated carbocycles. The molecule has 1 aromatic rings. The fourth-order valence-electron chi connectivity index (χ4n) is 1.49. The van der Waals surface area contributed by atoms with Crippen LogP contribution in [0.15, 0.2) is 28.7 Å². The van der Waals surface area contributed by atoms with Crippen LogP contribution in [0.3, 0.4) is 0 Å². The molecule has 1 aliphatic rings. The first kappa shape index (κ1) is 8.75. The van der Waals surface area contributed by atoms with E-state index in [2.05, 4.69) is 15.9 Å². The summed E-state index contributed by atoms with van der Waals surface area (Å²) in [5.74, 6) is 0.148.